The molecule has 0 unspecified atom stereocenters. The lowest BCUT2D eigenvalue weighted by Crippen LogP contribution is -2.27. The fourth-order valence-electron chi connectivity index (χ4n) is 3.88. The molecule has 3 heterocycles. The van der Waals surface area contributed by atoms with Crippen LogP contribution in [0.2, 0.25) is 0 Å². The summed E-state index contributed by atoms with van der Waals surface area (Å²) in [6, 6.07) is 1.89. The van der Waals surface area contributed by atoms with Crippen molar-refractivity contribution in [1.82, 2.24) is 19.9 Å². The highest BCUT2D eigenvalue weighted by Crippen LogP contribution is 2.44. The van der Waals surface area contributed by atoms with Gasteiger partial charge in [0, 0.05) is 26.2 Å². The van der Waals surface area contributed by atoms with Crippen LogP contribution in [0.15, 0.2) is 24.0 Å². The Balaban J connectivity index is 0.00000150. The van der Waals surface area contributed by atoms with Gasteiger partial charge >= 0.3 is 5.97 Å². The van der Waals surface area contributed by atoms with Crippen LogP contribution in [0.4, 0.5) is 5.13 Å². The number of nitrogens with zero attached hydrogens (tertiary/aromatic N) is 3. The number of carboxylic acid groups (broad SMARTS) is 1. The molecule has 0 spiro atoms. The van der Waals surface area contributed by atoms with E-state index in [9.17, 15) is 14.7 Å². The average Bonchev–Trinajstić information content (AvgIpc) is 3.34. The minimum atomic E-state index is -0.847. The van der Waals surface area contributed by atoms with Crippen LogP contribution in [-0.2, 0) is 9.59 Å². The Hall–Kier alpha value is -2.81. The largest absolute Gasteiger partial charge is 0.481 e. The molecule has 3 aromatic heterocycles. The predicted octanol–water partition coefficient (Wildman–Crippen LogP) is 3.94. The molecule has 4 rings (SSSR count). The van der Waals surface area contributed by atoms with E-state index in [1.807, 2.05) is 11.4 Å². The summed E-state index contributed by atoms with van der Waals surface area (Å²) in [6.45, 7) is 0. The van der Waals surface area contributed by atoms with Gasteiger partial charge in [-0.25, -0.2) is 15.0 Å². The van der Waals surface area contributed by atoms with Gasteiger partial charge in [-0.2, -0.15) is 0 Å². The van der Waals surface area contributed by atoms with E-state index in [2.05, 4.69) is 25.3 Å². The number of aromatic nitrogens is 4. The highest BCUT2D eigenvalue weighted by Gasteiger charge is 2.38. The topological polar surface area (TPSA) is 121 Å². The summed E-state index contributed by atoms with van der Waals surface area (Å²) in [5, 5.41) is 15.2. The number of anilines is 1. The molecule has 1 amide bonds. The van der Waals surface area contributed by atoms with E-state index in [-0.39, 0.29) is 21.6 Å². The zero-order valence-corrected chi connectivity index (χ0v) is 15.4. The van der Waals surface area contributed by atoms with Gasteiger partial charge in [0.1, 0.15) is 23.4 Å². The van der Waals surface area contributed by atoms with Crippen LogP contribution < -0.4 is 5.32 Å². The smallest absolute Gasteiger partial charge is 0.303 e. The lowest BCUT2D eigenvalue weighted by Gasteiger charge is -2.25. The Kier molecular flexibility index (Phi) is 4.61. The Labute approximate surface area is 162 Å². The first-order valence-electron chi connectivity index (χ1n) is 8.80. The predicted molar refractivity (Wildman–Crippen MR) is 106 cm³/mol. The lowest BCUT2D eigenvalue weighted by atomic mass is 9.79. The summed E-state index contributed by atoms with van der Waals surface area (Å²) in [5.74, 6) is -1.03. The molecule has 0 atom stereocenters. The molecule has 0 saturated heterocycles. The molecule has 1 saturated carbocycles. The molecule has 0 radical (unpaired) electrons. The number of H-pyrrole nitrogens is 1. The number of thiazole rings is 1. The standard InChI is InChI=1S/C18H19N5O3S.2H2/c24-13(7-18(8-14(25)26)4-1-2-5-18)23-17-22-12(9-27-17)15-11-3-6-19-16(11)21-10-20-15;;/h3,6,9-10H,1-2,4-5,7-8H2,(H,25,26)(H,19,20,21)(H,22,23,24);2*1H. The van der Waals surface area contributed by atoms with Crippen LogP contribution in [0.5, 0.6) is 0 Å². The van der Waals surface area contributed by atoms with E-state index in [0.717, 1.165) is 36.7 Å². The normalized spacial score (nSPS) is 15.9. The number of carboxylic acids is 1. The molecule has 0 aromatic carbocycles. The van der Waals surface area contributed by atoms with Crippen molar-refractivity contribution in [2.75, 3.05) is 5.32 Å². The summed E-state index contributed by atoms with van der Waals surface area (Å²) >= 11 is 1.32. The molecular weight excluding hydrogens is 366 g/mol. The first kappa shape index (κ1) is 17.6. The Bertz CT molecular complexity index is 1000. The zero-order chi connectivity index (χ0) is 18.9. The maximum Gasteiger partial charge on any atom is 0.303 e. The fourth-order valence-corrected chi connectivity index (χ4v) is 4.59. The average molecular weight is 389 g/mol. The van der Waals surface area contributed by atoms with E-state index in [0.29, 0.717) is 16.5 Å². The molecule has 0 bridgehead atoms. The van der Waals surface area contributed by atoms with Crippen molar-refractivity contribution in [3.63, 3.8) is 0 Å². The maximum absolute atomic E-state index is 12.5. The van der Waals surface area contributed by atoms with E-state index in [1.54, 1.807) is 6.20 Å². The van der Waals surface area contributed by atoms with Gasteiger partial charge in [-0.3, -0.25) is 9.59 Å². The minimum Gasteiger partial charge on any atom is -0.481 e. The molecule has 1 fully saturated rings. The van der Waals surface area contributed by atoms with E-state index in [1.165, 1.54) is 17.7 Å². The minimum absolute atomic E-state index is 0. The van der Waals surface area contributed by atoms with Gasteiger partial charge in [-0.15, -0.1) is 11.3 Å². The van der Waals surface area contributed by atoms with Gasteiger partial charge in [0.25, 0.3) is 0 Å². The monoisotopic (exact) mass is 389 g/mol. The Morgan fingerprint density at radius 3 is 2.89 bits per heavy atom. The maximum atomic E-state index is 12.5. The van der Waals surface area contributed by atoms with E-state index >= 15 is 0 Å². The molecule has 3 N–H and O–H groups in total. The van der Waals surface area contributed by atoms with E-state index in [4.69, 9.17) is 0 Å². The SMILES string of the molecule is O=C(O)CC1(CC(=O)Nc2nc(-c3ncnc4[nH]ccc34)cs2)CCCC1.[HH].[HH]. The van der Waals surface area contributed by atoms with Gasteiger partial charge in [-0.1, -0.05) is 12.8 Å². The molecule has 8 nitrogen and oxygen atoms in total. The van der Waals surface area contributed by atoms with Crippen molar-refractivity contribution in [1.29, 1.82) is 0 Å². The number of rotatable bonds is 6. The van der Waals surface area contributed by atoms with Crippen LogP contribution in [0.3, 0.4) is 0 Å². The first-order valence-corrected chi connectivity index (χ1v) is 9.68. The summed E-state index contributed by atoms with van der Waals surface area (Å²) in [4.78, 5) is 39.7. The number of aromatic amines is 1. The molecule has 27 heavy (non-hydrogen) atoms. The summed E-state index contributed by atoms with van der Waals surface area (Å²) < 4.78 is 0. The van der Waals surface area contributed by atoms with Crippen molar-refractivity contribution in [3.8, 4) is 11.4 Å². The quantitative estimate of drug-likeness (QED) is 0.587. The third-order valence-corrected chi connectivity index (χ3v) is 5.83. The molecule has 1 aliphatic carbocycles. The number of fused-ring (bicyclic) bond motifs is 1. The second-order valence-electron chi connectivity index (χ2n) is 7.00. The molecular formula is C18H23N5O3S. The number of hydrogen-bond donors (Lipinski definition) is 3. The van der Waals surface area contributed by atoms with Gasteiger partial charge < -0.3 is 15.4 Å². The van der Waals surface area contributed by atoms with Crippen molar-refractivity contribution in [2.45, 2.75) is 38.5 Å². The van der Waals surface area contributed by atoms with Crippen LogP contribution >= 0.6 is 11.3 Å². The van der Waals surface area contributed by atoms with Crippen molar-refractivity contribution in [3.05, 3.63) is 24.0 Å². The second-order valence-corrected chi connectivity index (χ2v) is 7.86. The van der Waals surface area contributed by atoms with Crippen LogP contribution in [0.25, 0.3) is 22.4 Å². The summed E-state index contributed by atoms with van der Waals surface area (Å²) in [5.41, 5.74) is 1.68. The highest BCUT2D eigenvalue weighted by atomic mass is 32.1. The Morgan fingerprint density at radius 1 is 1.30 bits per heavy atom. The van der Waals surface area contributed by atoms with Crippen molar-refractivity contribution >= 4 is 39.4 Å². The third kappa shape index (κ3) is 3.68. The zero-order valence-electron chi connectivity index (χ0n) is 14.6. The number of carbonyl (C=O) groups excluding carboxylic acids is 1. The lowest BCUT2D eigenvalue weighted by molar-refractivity contribution is -0.140. The van der Waals surface area contributed by atoms with Crippen LogP contribution in [0.1, 0.15) is 41.4 Å². The molecule has 0 aliphatic heterocycles. The molecule has 3 aromatic rings. The number of amides is 1. The first-order chi connectivity index (χ1) is 13.0. The number of hydrogen-bond acceptors (Lipinski definition) is 6. The van der Waals surface area contributed by atoms with Gasteiger partial charge in [0.15, 0.2) is 5.13 Å². The van der Waals surface area contributed by atoms with Gasteiger partial charge in [0.05, 0.1) is 6.42 Å². The van der Waals surface area contributed by atoms with Gasteiger partial charge in [-0.05, 0) is 24.3 Å². The number of nitrogens with one attached hydrogen (secondary N) is 2. The molecule has 9 heteroatoms. The van der Waals surface area contributed by atoms with Crippen LogP contribution in [-0.4, -0.2) is 36.9 Å². The highest BCUT2D eigenvalue weighted by molar-refractivity contribution is 7.14. The van der Waals surface area contributed by atoms with Crippen molar-refractivity contribution < 1.29 is 17.5 Å². The molecule has 1 aliphatic rings. The Morgan fingerprint density at radius 2 is 2.11 bits per heavy atom. The third-order valence-electron chi connectivity index (χ3n) is 5.07. The van der Waals surface area contributed by atoms with Crippen molar-refractivity contribution in [2.24, 2.45) is 5.41 Å². The van der Waals surface area contributed by atoms with E-state index < -0.39 is 11.4 Å². The summed E-state index contributed by atoms with van der Waals surface area (Å²) in [7, 11) is 0. The number of aliphatic carboxylic acids is 1. The second kappa shape index (κ2) is 7.07. The fraction of sp³-hybridized carbons (Fsp3) is 0.389. The molecule has 144 valence electrons. The van der Waals surface area contributed by atoms with Crippen LogP contribution in [0, 0.1) is 5.41 Å². The van der Waals surface area contributed by atoms with Gasteiger partial charge in [0.2, 0.25) is 5.91 Å². The summed E-state index contributed by atoms with van der Waals surface area (Å²) in [6.07, 6.45) is 7.03. The number of carbonyl (C=O) groups is 2.